The van der Waals surface area contributed by atoms with E-state index in [0.29, 0.717) is 10.5 Å². The summed E-state index contributed by atoms with van der Waals surface area (Å²) in [4.78, 5) is 0.0562. The molecule has 0 aliphatic heterocycles. The molecule has 0 saturated carbocycles. The molecule has 0 amide bonds. The van der Waals surface area contributed by atoms with Crippen molar-refractivity contribution in [3.8, 4) is 5.75 Å². The van der Waals surface area contributed by atoms with Crippen molar-refractivity contribution < 1.29 is 13.2 Å². The van der Waals surface area contributed by atoms with E-state index in [1.807, 2.05) is 6.07 Å². The van der Waals surface area contributed by atoms with Crippen LogP contribution in [0.15, 0.2) is 23.1 Å². The molecule has 0 fully saturated rings. The third-order valence-electron chi connectivity index (χ3n) is 2.09. The fourth-order valence-corrected chi connectivity index (χ4v) is 2.76. The van der Waals surface area contributed by atoms with Crippen molar-refractivity contribution in [3.05, 3.63) is 23.8 Å². The molecule has 4 nitrogen and oxygen atoms in total. The standard InChI is InChI=1S/C10H16AsNO3S/c1-7(11)5-8-3-4-9(15-2)10(6-8)16(12,13)14/h3-4,6-7H,5,11H2,1-2H3,(H2,12,13,14). The van der Waals surface area contributed by atoms with Gasteiger partial charge in [-0.3, -0.25) is 0 Å². The molecule has 0 aliphatic rings. The van der Waals surface area contributed by atoms with Crippen LogP contribution in [0, 0.1) is 0 Å². The Balaban J connectivity index is 3.22. The number of hydrogen-bond acceptors (Lipinski definition) is 3. The molecule has 0 aliphatic carbocycles. The van der Waals surface area contributed by atoms with Gasteiger partial charge in [0.25, 0.3) is 0 Å². The Kier molecular flexibility index (Phi) is 4.42. The molecule has 1 aromatic carbocycles. The monoisotopic (exact) mass is 305 g/mol. The van der Waals surface area contributed by atoms with E-state index < -0.39 is 10.0 Å². The first-order valence-electron chi connectivity index (χ1n) is 4.80. The first kappa shape index (κ1) is 13.6. The number of ether oxygens (including phenoxy) is 1. The molecule has 0 saturated heterocycles. The molecule has 6 heteroatoms. The quantitative estimate of drug-likeness (QED) is 0.815. The second kappa shape index (κ2) is 5.21. The number of nitrogens with two attached hydrogens (primary N) is 1. The molecule has 90 valence electrons. The van der Waals surface area contributed by atoms with Gasteiger partial charge in [0.2, 0.25) is 0 Å². The molecule has 1 aromatic rings. The molecule has 1 rings (SSSR count). The summed E-state index contributed by atoms with van der Waals surface area (Å²) in [5.41, 5.74) is 0.960. The maximum atomic E-state index is 11.4. The number of methoxy groups -OCH3 is 1. The number of primary sulfonamides is 1. The molecular weight excluding hydrogens is 289 g/mol. The van der Waals surface area contributed by atoms with Crippen molar-refractivity contribution in [2.24, 2.45) is 5.14 Å². The Morgan fingerprint density at radius 3 is 2.56 bits per heavy atom. The summed E-state index contributed by atoms with van der Waals surface area (Å²) in [5.74, 6) is 0.292. The van der Waals surface area contributed by atoms with Crippen LogP contribution < -0.4 is 9.88 Å². The Labute approximate surface area is 105 Å². The first-order valence-corrected chi connectivity index (χ1v) is 7.74. The van der Waals surface area contributed by atoms with E-state index >= 15 is 0 Å². The average molecular weight is 305 g/mol. The van der Waals surface area contributed by atoms with Crippen LogP contribution in [-0.4, -0.2) is 32.4 Å². The number of benzene rings is 1. The van der Waals surface area contributed by atoms with Crippen LogP contribution in [0.3, 0.4) is 0 Å². The van der Waals surface area contributed by atoms with Gasteiger partial charge in [-0.25, -0.2) is 0 Å². The SMILES string of the molecule is COc1ccc(CC(C)[AsH2])cc1S(N)(=O)=O. The normalized spacial score (nSPS) is 13.5. The zero-order valence-electron chi connectivity index (χ0n) is 9.30. The van der Waals surface area contributed by atoms with E-state index in [9.17, 15) is 8.42 Å². The van der Waals surface area contributed by atoms with Crippen molar-refractivity contribution >= 4 is 26.9 Å². The van der Waals surface area contributed by atoms with Gasteiger partial charge >= 0.3 is 105 Å². The fourth-order valence-electron chi connectivity index (χ4n) is 1.44. The molecule has 2 N–H and O–H groups in total. The average Bonchev–Trinajstić information content (AvgIpc) is 2.15. The van der Waals surface area contributed by atoms with Crippen LogP contribution >= 0.6 is 0 Å². The van der Waals surface area contributed by atoms with Crippen molar-refractivity contribution in [1.29, 1.82) is 0 Å². The summed E-state index contributed by atoms with van der Waals surface area (Å²) < 4.78 is 28.2. The van der Waals surface area contributed by atoms with Crippen LogP contribution in [0.5, 0.6) is 5.75 Å². The van der Waals surface area contributed by atoms with Crippen LogP contribution in [0.4, 0.5) is 0 Å². The van der Waals surface area contributed by atoms with E-state index in [1.54, 1.807) is 29.0 Å². The number of hydrogen-bond donors (Lipinski definition) is 1. The number of rotatable bonds is 4. The second-order valence-corrected chi connectivity index (χ2v) is 7.63. The van der Waals surface area contributed by atoms with E-state index in [-0.39, 0.29) is 4.90 Å². The van der Waals surface area contributed by atoms with Gasteiger partial charge in [-0.05, 0) is 0 Å². The van der Waals surface area contributed by atoms with Crippen molar-refractivity contribution in [2.45, 2.75) is 22.9 Å². The maximum absolute atomic E-state index is 11.4. The third kappa shape index (κ3) is 3.51. The summed E-state index contributed by atoms with van der Waals surface area (Å²) in [6.07, 6.45) is 0.840. The molecule has 0 spiro atoms. The minimum absolute atomic E-state index is 0.0562. The Bertz CT molecular complexity index is 471. The molecule has 2 unspecified atom stereocenters. The second-order valence-electron chi connectivity index (χ2n) is 3.71. The van der Waals surface area contributed by atoms with Gasteiger partial charge in [-0.15, -0.1) is 0 Å². The van der Waals surface area contributed by atoms with Crippen LogP contribution in [0.2, 0.25) is 4.71 Å². The molecule has 0 heterocycles. The van der Waals surface area contributed by atoms with Crippen molar-refractivity contribution in [2.75, 3.05) is 7.11 Å². The van der Waals surface area contributed by atoms with Gasteiger partial charge in [-0.1, -0.05) is 0 Å². The summed E-state index contributed by atoms with van der Waals surface area (Å²) in [6.45, 7) is 2.10. The summed E-state index contributed by atoms with van der Waals surface area (Å²) >= 11 is 1.62. The zero-order chi connectivity index (χ0) is 12.3. The van der Waals surface area contributed by atoms with Gasteiger partial charge in [0.1, 0.15) is 0 Å². The molecule has 0 bridgehead atoms. The van der Waals surface area contributed by atoms with E-state index in [2.05, 4.69) is 6.92 Å². The predicted molar refractivity (Wildman–Crippen MR) is 66.0 cm³/mol. The van der Waals surface area contributed by atoms with Crippen molar-refractivity contribution in [1.82, 2.24) is 0 Å². The van der Waals surface area contributed by atoms with Gasteiger partial charge in [0, 0.05) is 0 Å². The first-order chi connectivity index (χ1) is 7.34. The molecule has 0 radical (unpaired) electrons. The van der Waals surface area contributed by atoms with Gasteiger partial charge in [0.15, 0.2) is 0 Å². The minimum atomic E-state index is -3.72. The van der Waals surface area contributed by atoms with Gasteiger partial charge in [-0.2, -0.15) is 0 Å². The number of sulfonamides is 1. The van der Waals surface area contributed by atoms with E-state index in [0.717, 1.165) is 12.0 Å². The molecule has 2 atom stereocenters. The Morgan fingerprint density at radius 2 is 2.12 bits per heavy atom. The van der Waals surface area contributed by atoms with E-state index in [4.69, 9.17) is 9.88 Å². The van der Waals surface area contributed by atoms with Crippen LogP contribution in [-0.2, 0) is 16.4 Å². The van der Waals surface area contributed by atoms with Gasteiger partial charge < -0.3 is 0 Å². The molecular formula is C10H16AsNO3S. The summed E-state index contributed by atoms with van der Waals surface area (Å²) in [7, 11) is -2.30. The fraction of sp³-hybridized carbons (Fsp3) is 0.400. The van der Waals surface area contributed by atoms with Crippen LogP contribution in [0.1, 0.15) is 12.5 Å². The Hall–Kier alpha value is -0.512. The molecule has 0 aromatic heterocycles. The summed E-state index contributed by atoms with van der Waals surface area (Å²) in [6, 6.07) is 5.10. The summed E-state index contributed by atoms with van der Waals surface area (Å²) in [5, 5.41) is 5.13. The Morgan fingerprint density at radius 1 is 1.50 bits per heavy atom. The topological polar surface area (TPSA) is 69.4 Å². The van der Waals surface area contributed by atoms with E-state index in [1.165, 1.54) is 7.11 Å². The van der Waals surface area contributed by atoms with Crippen LogP contribution in [0.25, 0.3) is 0 Å². The third-order valence-corrected chi connectivity index (χ3v) is 3.52. The van der Waals surface area contributed by atoms with Crippen molar-refractivity contribution in [3.63, 3.8) is 0 Å². The predicted octanol–water partition coefficient (Wildman–Crippen LogP) is 0.327. The molecule has 16 heavy (non-hydrogen) atoms. The van der Waals surface area contributed by atoms with Gasteiger partial charge in [0.05, 0.1) is 0 Å². The zero-order valence-corrected chi connectivity index (χ0v) is 12.5.